The molecule has 0 aromatic rings. The molecule has 0 aliphatic heterocycles. The van der Waals surface area contributed by atoms with Gasteiger partial charge >= 0.3 is 7.82 Å². The zero-order valence-electron chi connectivity index (χ0n) is 21.4. The number of phosphoric acid groups is 1. The van der Waals surface area contributed by atoms with E-state index in [0.29, 0.717) is 6.61 Å². The van der Waals surface area contributed by atoms with E-state index >= 15 is 0 Å². The molecule has 0 aromatic carbocycles. The van der Waals surface area contributed by atoms with Crippen molar-refractivity contribution >= 4 is 19.6 Å². The van der Waals surface area contributed by atoms with Crippen molar-refractivity contribution in [2.45, 2.75) is 117 Å². The van der Waals surface area contributed by atoms with E-state index in [-0.39, 0.29) is 19.1 Å². The Hall–Kier alpha value is 0.420. The molecule has 2 unspecified atom stereocenters. The molecule has 2 atom stereocenters. The minimum Gasteiger partial charge on any atom is -0.384 e. The van der Waals surface area contributed by atoms with Crippen molar-refractivity contribution in [3.05, 3.63) is 0 Å². The lowest BCUT2D eigenvalue weighted by Gasteiger charge is -2.18. The van der Waals surface area contributed by atoms with E-state index in [9.17, 15) is 9.46 Å². The topological polar surface area (TPSA) is 65.0 Å². The standard InChI is InChI=1S/C25H53O5PS/c1-4-6-7-8-9-10-11-12-13-14-15-16-17-18-19-20-21-32-24-25(22-28-3)23-30-31(26,27)29-5-2/h25H,4-24H2,1-3H3,(H,26,27). The Morgan fingerprint density at radius 3 is 1.62 bits per heavy atom. The highest BCUT2D eigenvalue weighted by Crippen LogP contribution is 2.43. The molecule has 0 aliphatic rings. The largest absolute Gasteiger partial charge is 0.472 e. The highest BCUT2D eigenvalue weighted by Gasteiger charge is 2.22. The van der Waals surface area contributed by atoms with Crippen LogP contribution in [0.25, 0.3) is 0 Å². The Morgan fingerprint density at radius 2 is 1.19 bits per heavy atom. The second kappa shape index (κ2) is 24.5. The van der Waals surface area contributed by atoms with E-state index in [4.69, 9.17) is 13.8 Å². The second-order valence-corrected chi connectivity index (χ2v) is 11.5. The number of methoxy groups -OCH3 is 1. The molecule has 0 aliphatic carbocycles. The first-order valence-electron chi connectivity index (χ1n) is 13.2. The minimum absolute atomic E-state index is 0.104. The number of ether oxygens (including phenoxy) is 1. The molecule has 7 heteroatoms. The van der Waals surface area contributed by atoms with Crippen LogP contribution >= 0.6 is 19.6 Å². The predicted octanol–water partition coefficient (Wildman–Crippen LogP) is 8.40. The van der Waals surface area contributed by atoms with E-state index < -0.39 is 7.82 Å². The fraction of sp³-hybridized carbons (Fsp3) is 1.00. The summed E-state index contributed by atoms with van der Waals surface area (Å²) in [5.41, 5.74) is 0. The molecule has 1 N–H and O–H groups in total. The van der Waals surface area contributed by atoms with Crippen molar-refractivity contribution in [2.24, 2.45) is 5.92 Å². The summed E-state index contributed by atoms with van der Waals surface area (Å²) in [5.74, 6) is 2.10. The second-order valence-electron chi connectivity index (χ2n) is 8.88. The van der Waals surface area contributed by atoms with Gasteiger partial charge in [0.2, 0.25) is 0 Å². The van der Waals surface area contributed by atoms with Crippen LogP contribution in [0.5, 0.6) is 0 Å². The van der Waals surface area contributed by atoms with Gasteiger partial charge in [-0.15, -0.1) is 0 Å². The molecule has 0 bridgehead atoms. The van der Waals surface area contributed by atoms with Gasteiger partial charge in [0.05, 0.1) is 19.8 Å². The van der Waals surface area contributed by atoms with Crippen LogP contribution in [0.1, 0.15) is 117 Å². The molecule has 0 radical (unpaired) electrons. The van der Waals surface area contributed by atoms with Crippen LogP contribution in [-0.2, 0) is 18.3 Å². The van der Waals surface area contributed by atoms with Gasteiger partial charge < -0.3 is 9.63 Å². The van der Waals surface area contributed by atoms with Gasteiger partial charge in [-0.3, -0.25) is 9.05 Å². The molecule has 0 spiro atoms. The lowest BCUT2D eigenvalue weighted by molar-refractivity contribution is 0.0994. The summed E-state index contributed by atoms with van der Waals surface area (Å²) in [5, 5.41) is 0. The van der Waals surface area contributed by atoms with Crippen LogP contribution in [0.3, 0.4) is 0 Å². The smallest absolute Gasteiger partial charge is 0.384 e. The number of phosphoric ester groups is 1. The van der Waals surface area contributed by atoms with Gasteiger partial charge in [-0.2, -0.15) is 11.8 Å². The third-order valence-corrected chi connectivity index (χ3v) is 8.01. The molecule has 0 amide bonds. The molecule has 32 heavy (non-hydrogen) atoms. The predicted molar refractivity (Wildman–Crippen MR) is 140 cm³/mol. The molecule has 5 nitrogen and oxygen atoms in total. The summed E-state index contributed by atoms with van der Waals surface area (Å²) >= 11 is 1.88. The number of hydrogen-bond donors (Lipinski definition) is 1. The zero-order valence-corrected chi connectivity index (χ0v) is 23.1. The van der Waals surface area contributed by atoms with Gasteiger partial charge in [-0.25, -0.2) is 4.57 Å². The van der Waals surface area contributed by atoms with Crippen LogP contribution in [0.4, 0.5) is 0 Å². The van der Waals surface area contributed by atoms with Crippen LogP contribution in [0, 0.1) is 5.92 Å². The molecule has 0 heterocycles. The molecule has 0 saturated heterocycles. The lowest BCUT2D eigenvalue weighted by Crippen LogP contribution is -2.18. The summed E-state index contributed by atoms with van der Waals surface area (Å²) in [4.78, 5) is 9.52. The molecular weight excluding hydrogens is 443 g/mol. The zero-order chi connectivity index (χ0) is 23.8. The minimum atomic E-state index is -3.91. The van der Waals surface area contributed by atoms with Crippen molar-refractivity contribution in [3.8, 4) is 0 Å². The summed E-state index contributed by atoms with van der Waals surface area (Å²) in [6.07, 6.45) is 22.3. The molecule has 194 valence electrons. The van der Waals surface area contributed by atoms with E-state index in [1.54, 1.807) is 14.0 Å². The Kier molecular flexibility index (Phi) is 24.9. The summed E-state index contributed by atoms with van der Waals surface area (Å²) < 4.78 is 26.6. The third-order valence-electron chi connectivity index (χ3n) is 5.66. The third kappa shape index (κ3) is 23.6. The molecular formula is C25H53O5PS. The van der Waals surface area contributed by atoms with E-state index in [1.807, 2.05) is 11.8 Å². The normalized spacial score (nSPS) is 14.5. The average molecular weight is 497 g/mol. The maximum Gasteiger partial charge on any atom is 0.472 e. The molecule has 0 fully saturated rings. The SMILES string of the molecule is CCCCCCCCCCCCCCCCCCSCC(COC)COP(=O)(O)OCC. The summed E-state index contributed by atoms with van der Waals surface area (Å²) in [6.45, 7) is 4.83. The van der Waals surface area contributed by atoms with Crippen LogP contribution in [-0.4, -0.2) is 43.3 Å². The quantitative estimate of drug-likeness (QED) is 0.0958. The van der Waals surface area contributed by atoms with Gasteiger partial charge in [0.1, 0.15) is 0 Å². The number of rotatable bonds is 26. The van der Waals surface area contributed by atoms with Gasteiger partial charge in [-0.05, 0) is 19.1 Å². The highest BCUT2D eigenvalue weighted by atomic mass is 32.2. The summed E-state index contributed by atoms with van der Waals surface area (Å²) in [6, 6.07) is 0. The van der Waals surface area contributed by atoms with Crippen LogP contribution in [0.2, 0.25) is 0 Å². The molecule has 0 aromatic heterocycles. The number of thioether (sulfide) groups is 1. The number of hydrogen-bond acceptors (Lipinski definition) is 5. The molecule has 0 rings (SSSR count). The van der Waals surface area contributed by atoms with Crippen molar-refractivity contribution in [2.75, 3.05) is 38.4 Å². The molecule has 0 saturated carbocycles. The first-order valence-corrected chi connectivity index (χ1v) is 15.9. The maximum absolute atomic E-state index is 11.6. The van der Waals surface area contributed by atoms with E-state index in [0.717, 1.165) is 11.5 Å². The van der Waals surface area contributed by atoms with Crippen molar-refractivity contribution in [1.29, 1.82) is 0 Å². The van der Waals surface area contributed by atoms with Gasteiger partial charge in [0.15, 0.2) is 0 Å². The monoisotopic (exact) mass is 496 g/mol. The Morgan fingerprint density at radius 1 is 0.719 bits per heavy atom. The highest BCUT2D eigenvalue weighted by molar-refractivity contribution is 7.99. The van der Waals surface area contributed by atoms with E-state index in [2.05, 4.69) is 6.92 Å². The first-order chi connectivity index (χ1) is 15.6. The Labute approximate surface area is 203 Å². The first kappa shape index (κ1) is 32.4. The fourth-order valence-corrected chi connectivity index (χ4v) is 5.68. The van der Waals surface area contributed by atoms with Crippen LogP contribution in [0.15, 0.2) is 0 Å². The summed E-state index contributed by atoms with van der Waals surface area (Å²) in [7, 11) is -2.27. The number of unbranched alkanes of at least 4 members (excludes halogenated alkanes) is 15. The fourth-order valence-electron chi connectivity index (χ4n) is 3.78. The van der Waals surface area contributed by atoms with E-state index in [1.165, 1.54) is 103 Å². The van der Waals surface area contributed by atoms with Gasteiger partial charge in [0, 0.05) is 18.8 Å². The van der Waals surface area contributed by atoms with Gasteiger partial charge in [0.25, 0.3) is 0 Å². The Balaban J connectivity index is 3.41. The van der Waals surface area contributed by atoms with Crippen molar-refractivity contribution in [3.63, 3.8) is 0 Å². The van der Waals surface area contributed by atoms with Crippen molar-refractivity contribution in [1.82, 2.24) is 0 Å². The maximum atomic E-state index is 11.6. The van der Waals surface area contributed by atoms with Crippen LogP contribution < -0.4 is 0 Å². The Bertz CT molecular complexity index is 425. The van der Waals surface area contributed by atoms with Gasteiger partial charge in [-0.1, -0.05) is 103 Å². The lowest BCUT2D eigenvalue weighted by atomic mass is 10.0. The van der Waals surface area contributed by atoms with Crippen molar-refractivity contribution < 1.29 is 23.2 Å². The average Bonchev–Trinajstić information content (AvgIpc) is 2.76.